The van der Waals surface area contributed by atoms with E-state index in [0.717, 1.165) is 32.0 Å². The van der Waals surface area contributed by atoms with Gasteiger partial charge in [0.2, 0.25) is 0 Å². The summed E-state index contributed by atoms with van der Waals surface area (Å²) in [6.07, 6.45) is 9.40. The monoisotopic (exact) mass is 254 g/mol. The zero-order chi connectivity index (χ0) is 13.1. The lowest BCUT2D eigenvalue weighted by molar-refractivity contribution is 0.251. The summed E-state index contributed by atoms with van der Waals surface area (Å²) in [7, 11) is 0. The number of rotatable bonds is 5. The van der Waals surface area contributed by atoms with E-state index >= 15 is 0 Å². The van der Waals surface area contributed by atoms with Crippen molar-refractivity contribution in [2.45, 2.75) is 31.8 Å². The predicted octanol–water partition coefficient (Wildman–Crippen LogP) is 2.05. The van der Waals surface area contributed by atoms with Crippen molar-refractivity contribution in [3.63, 3.8) is 0 Å². The second kappa shape index (κ2) is 5.77. The van der Waals surface area contributed by atoms with E-state index < -0.39 is 0 Å². The van der Waals surface area contributed by atoms with E-state index in [1.165, 1.54) is 30.5 Å². The Morgan fingerprint density at radius 3 is 2.74 bits per heavy atom. The van der Waals surface area contributed by atoms with Crippen molar-refractivity contribution in [1.29, 1.82) is 0 Å². The molecule has 0 aromatic heterocycles. The van der Waals surface area contributed by atoms with Crippen LogP contribution in [0.2, 0.25) is 0 Å². The van der Waals surface area contributed by atoms with Crippen molar-refractivity contribution in [2.75, 3.05) is 19.6 Å². The maximum atomic E-state index is 5.50. The van der Waals surface area contributed by atoms with Gasteiger partial charge in [-0.3, -0.25) is 4.90 Å². The third-order valence-electron chi connectivity index (χ3n) is 4.17. The molecule has 0 amide bonds. The molecule has 1 aromatic rings. The van der Waals surface area contributed by atoms with E-state index in [1.54, 1.807) is 0 Å². The summed E-state index contributed by atoms with van der Waals surface area (Å²) in [6.45, 7) is 4.05. The molecular formula is C17H22N2. The van der Waals surface area contributed by atoms with Gasteiger partial charge in [-0.2, -0.15) is 0 Å². The molecule has 1 heterocycles. The molecule has 2 aliphatic rings. The van der Waals surface area contributed by atoms with Gasteiger partial charge in [0.15, 0.2) is 0 Å². The maximum absolute atomic E-state index is 5.50. The highest BCUT2D eigenvalue weighted by atomic mass is 15.2. The molecule has 1 unspecified atom stereocenters. The molecule has 1 aliphatic carbocycles. The average molecular weight is 254 g/mol. The molecular weight excluding hydrogens is 232 g/mol. The molecule has 1 N–H and O–H groups in total. The van der Waals surface area contributed by atoms with Gasteiger partial charge in [-0.1, -0.05) is 30.2 Å². The van der Waals surface area contributed by atoms with Crippen LogP contribution in [0.5, 0.6) is 0 Å². The number of benzene rings is 1. The van der Waals surface area contributed by atoms with Gasteiger partial charge in [-0.25, -0.2) is 0 Å². The van der Waals surface area contributed by atoms with Gasteiger partial charge >= 0.3 is 0 Å². The van der Waals surface area contributed by atoms with Gasteiger partial charge in [0, 0.05) is 25.7 Å². The Hall–Kier alpha value is -1.30. The molecule has 3 rings (SSSR count). The van der Waals surface area contributed by atoms with Gasteiger partial charge in [-0.15, -0.1) is 6.42 Å². The lowest BCUT2D eigenvalue weighted by atomic mass is 9.95. The molecule has 2 heteroatoms. The van der Waals surface area contributed by atoms with Gasteiger partial charge in [-0.05, 0) is 36.3 Å². The van der Waals surface area contributed by atoms with E-state index in [4.69, 9.17) is 6.42 Å². The topological polar surface area (TPSA) is 15.3 Å². The Balaban J connectivity index is 1.59. The SMILES string of the molecule is C#CCN(CC1CC1)CC1Cc2ccccc2CN1. The smallest absolute Gasteiger partial charge is 0.0599 e. The maximum Gasteiger partial charge on any atom is 0.0599 e. The molecule has 0 spiro atoms. The first kappa shape index (κ1) is 12.7. The summed E-state index contributed by atoms with van der Waals surface area (Å²) in [5.41, 5.74) is 2.95. The third-order valence-corrected chi connectivity index (χ3v) is 4.17. The molecule has 0 radical (unpaired) electrons. The first-order chi connectivity index (χ1) is 9.35. The third kappa shape index (κ3) is 3.37. The highest BCUT2D eigenvalue weighted by molar-refractivity contribution is 5.30. The minimum absolute atomic E-state index is 0.544. The average Bonchev–Trinajstić information content (AvgIpc) is 3.23. The fourth-order valence-corrected chi connectivity index (χ4v) is 2.96. The van der Waals surface area contributed by atoms with Crippen molar-refractivity contribution in [3.8, 4) is 12.3 Å². The van der Waals surface area contributed by atoms with E-state index in [9.17, 15) is 0 Å². The van der Waals surface area contributed by atoms with E-state index in [-0.39, 0.29) is 0 Å². The lowest BCUT2D eigenvalue weighted by Gasteiger charge is -2.31. The zero-order valence-corrected chi connectivity index (χ0v) is 11.4. The number of nitrogens with one attached hydrogen (secondary N) is 1. The molecule has 1 aliphatic heterocycles. The summed E-state index contributed by atoms with van der Waals surface area (Å²) in [6, 6.07) is 9.29. The standard InChI is InChI=1S/C17H22N2/c1-2-9-19(12-14-7-8-14)13-17-10-15-5-3-4-6-16(15)11-18-17/h1,3-6,14,17-18H,7-13H2. The van der Waals surface area contributed by atoms with Gasteiger partial charge in [0.25, 0.3) is 0 Å². The summed E-state index contributed by atoms with van der Waals surface area (Å²) in [5, 5.41) is 3.65. The van der Waals surface area contributed by atoms with Crippen LogP contribution in [-0.4, -0.2) is 30.6 Å². The molecule has 2 nitrogen and oxygen atoms in total. The second-order valence-electron chi connectivity index (χ2n) is 5.89. The number of nitrogens with zero attached hydrogens (tertiary/aromatic N) is 1. The fraction of sp³-hybridized carbons (Fsp3) is 0.529. The van der Waals surface area contributed by atoms with Crippen LogP contribution in [0.25, 0.3) is 0 Å². The lowest BCUT2D eigenvalue weighted by Crippen LogP contribution is -2.45. The second-order valence-corrected chi connectivity index (χ2v) is 5.89. The summed E-state index contributed by atoms with van der Waals surface area (Å²) < 4.78 is 0. The number of hydrogen-bond acceptors (Lipinski definition) is 2. The number of hydrogen-bond donors (Lipinski definition) is 1. The largest absolute Gasteiger partial charge is 0.308 e. The Bertz CT molecular complexity index is 470. The van der Waals surface area contributed by atoms with Crippen LogP contribution in [-0.2, 0) is 13.0 Å². The molecule has 0 bridgehead atoms. The molecule has 1 saturated carbocycles. The Kier molecular flexibility index (Phi) is 3.87. The van der Waals surface area contributed by atoms with Crippen molar-refractivity contribution in [2.24, 2.45) is 5.92 Å². The fourth-order valence-electron chi connectivity index (χ4n) is 2.96. The molecule has 0 saturated heterocycles. The first-order valence-electron chi connectivity index (χ1n) is 7.31. The highest BCUT2D eigenvalue weighted by Crippen LogP contribution is 2.29. The normalized spacial score (nSPS) is 22.0. The van der Waals surface area contributed by atoms with Crippen molar-refractivity contribution in [3.05, 3.63) is 35.4 Å². The molecule has 1 aromatic carbocycles. The van der Waals surface area contributed by atoms with Crippen LogP contribution < -0.4 is 5.32 Å². The van der Waals surface area contributed by atoms with E-state index in [2.05, 4.69) is 40.4 Å². The summed E-state index contributed by atoms with van der Waals surface area (Å²) >= 11 is 0. The van der Waals surface area contributed by atoms with E-state index in [0.29, 0.717) is 6.04 Å². The minimum atomic E-state index is 0.544. The van der Waals surface area contributed by atoms with Crippen LogP contribution >= 0.6 is 0 Å². The van der Waals surface area contributed by atoms with Crippen molar-refractivity contribution >= 4 is 0 Å². The summed E-state index contributed by atoms with van der Waals surface area (Å²) in [4.78, 5) is 2.45. The van der Waals surface area contributed by atoms with Crippen LogP contribution in [0, 0.1) is 18.3 Å². The van der Waals surface area contributed by atoms with Gasteiger partial charge in [0.05, 0.1) is 6.54 Å². The molecule has 19 heavy (non-hydrogen) atoms. The van der Waals surface area contributed by atoms with Crippen molar-refractivity contribution < 1.29 is 0 Å². The summed E-state index contributed by atoms with van der Waals surface area (Å²) in [5.74, 6) is 3.71. The van der Waals surface area contributed by atoms with Crippen LogP contribution in [0.3, 0.4) is 0 Å². The molecule has 1 atom stereocenters. The van der Waals surface area contributed by atoms with Crippen LogP contribution in [0.15, 0.2) is 24.3 Å². The van der Waals surface area contributed by atoms with Crippen LogP contribution in [0.4, 0.5) is 0 Å². The minimum Gasteiger partial charge on any atom is -0.308 e. The van der Waals surface area contributed by atoms with Gasteiger partial charge in [0.1, 0.15) is 0 Å². The Labute approximate surface area is 116 Å². The molecule has 1 fully saturated rings. The quantitative estimate of drug-likeness (QED) is 0.809. The first-order valence-corrected chi connectivity index (χ1v) is 7.31. The Morgan fingerprint density at radius 2 is 2.00 bits per heavy atom. The number of fused-ring (bicyclic) bond motifs is 1. The van der Waals surface area contributed by atoms with Crippen LogP contribution in [0.1, 0.15) is 24.0 Å². The number of terminal acetylenes is 1. The van der Waals surface area contributed by atoms with E-state index in [1.807, 2.05) is 0 Å². The molecule has 100 valence electrons. The zero-order valence-electron chi connectivity index (χ0n) is 11.4. The van der Waals surface area contributed by atoms with Gasteiger partial charge < -0.3 is 5.32 Å². The highest BCUT2D eigenvalue weighted by Gasteiger charge is 2.26. The van der Waals surface area contributed by atoms with Crippen molar-refractivity contribution in [1.82, 2.24) is 10.2 Å². The Morgan fingerprint density at radius 1 is 1.21 bits per heavy atom. The predicted molar refractivity (Wildman–Crippen MR) is 78.8 cm³/mol.